The molecule has 0 aliphatic heterocycles. The summed E-state index contributed by atoms with van der Waals surface area (Å²) in [6, 6.07) is 18.6. The summed E-state index contributed by atoms with van der Waals surface area (Å²) < 4.78 is 2.00. The molecule has 2 N–H and O–H groups in total. The van der Waals surface area contributed by atoms with Crippen molar-refractivity contribution in [2.24, 2.45) is 0 Å². The Balaban J connectivity index is 1.46. The van der Waals surface area contributed by atoms with Crippen molar-refractivity contribution in [1.29, 1.82) is 5.26 Å². The number of hydrogen-bond acceptors (Lipinski definition) is 5. The molecular weight excluding hydrogens is 444 g/mol. The van der Waals surface area contributed by atoms with Crippen LogP contribution in [0.2, 0.25) is 0 Å². The summed E-state index contributed by atoms with van der Waals surface area (Å²) in [4.78, 5) is 16.1. The van der Waals surface area contributed by atoms with Crippen molar-refractivity contribution in [2.75, 3.05) is 5.75 Å². The first-order valence-corrected chi connectivity index (χ1v) is 12.5. The number of nitrogens with zero attached hydrogens (tertiary/aromatic N) is 4. The summed E-state index contributed by atoms with van der Waals surface area (Å²) >= 11 is 1.33. The molecule has 4 aromatic rings. The second-order valence-electron chi connectivity index (χ2n) is 8.82. The van der Waals surface area contributed by atoms with Crippen LogP contribution in [0.1, 0.15) is 37.7 Å². The lowest BCUT2D eigenvalue weighted by Gasteiger charge is -2.31. The highest BCUT2D eigenvalue weighted by molar-refractivity contribution is 7.99. The fourth-order valence-electron chi connectivity index (χ4n) is 4.65. The van der Waals surface area contributed by atoms with Crippen molar-refractivity contribution in [3.05, 3.63) is 60.3 Å². The van der Waals surface area contributed by atoms with Crippen molar-refractivity contribution >= 4 is 28.6 Å². The molecule has 2 aromatic heterocycles. The van der Waals surface area contributed by atoms with Crippen molar-refractivity contribution in [1.82, 2.24) is 25.1 Å². The van der Waals surface area contributed by atoms with Crippen molar-refractivity contribution < 1.29 is 4.79 Å². The SMILES string of the molecule is Cc1cccc(-n2c(SCC(=O)NC3(C#N)CCCCC3)nnc2-c2c[nH]c3ccccc23)c1. The number of amides is 1. The molecule has 0 saturated heterocycles. The van der Waals surface area contributed by atoms with Gasteiger partial charge in [-0.2, -0.15) is 5.26 Å². The molecule has 0 bridgehead atoms. The number of nitriles is 1. The van der Waals surface area contributed by atoms with Gasteiger partial charge in [0.25, 0.3) is 0 Å². The second kappa shape index (κ2) is 9.35. The number of hydrogen-bond donors (Lipinski definition) is 2. The maximum Gasteiger partial charge on any atom is 0.231 e. The predicted molar refractivity (Wildman–Crippen MR) is 134 cm³/mol. The molecule has 2 aromatic carbocycles. The minimum absolute atomic E-state index is 0.152. The van der Waals surface area contributed by atoms with E-state index in [2.05, 4.69) is 38.7 Å². The zero-order valence-electron chi connectivity index (χ0n) is 19.0. The molecule has 1 amide bonds. The maximum absolute atomic E-state index is 12.8. The van der Waals surface area contributed by atoms with E-state index >= 15 is 0 Å². The molecule has 0 unspecified atom stereocenters. The van der Waals surface area contributed by atoms with Gasteiger partial charge >= 0.3 is 0 Å². The Kier molecular flexibility index (Phi) is 6.12. The van der Waals surface area contributed by atoms with Crippen LogP contribution < -0.4 is 5.32 Å². The Hall–Kier alpha value is -3.57. The lowest BCUT2D eigenvalue weighted by atomic mass is 9.83. The highest BCUT2D eigenvalue weighted by atomic mass is 32.2. The minimum atomic E-state index is -0.741. The number of fused-ring (bicyclic) bond motifs is 1. The van der Waals surface area contributed by atoms with E-state index in [1.54, 1.807) is 0 Å². The number of benzene rings is 2. The topological polar surface area (TPSA) is 99.4 Å². The van der Waals surface area contributed by atoms with Crippen molar-refractivity contribution in [3.63, 3.8) is 0 Å². The molecule has 1 aliphatic rings. The zero-order chi connectivity index (χ0) is 23.5. The molecule has 5 rings (SSSR count). The Labute approximate surface area is 202 Å². The van der Waals surface area contributed by atoms with Gasteiger partial charge in [-0.3, -0.25) is 9.36 Å². The Bertz CT molecular complexity index is 1380. The summed E-state index contributed by atoms with van der Waals surface area (Å²) in [7, 11) is 0. The van der Waals surface area contributed by atoms with Gasteiger partial charge in [0.05, 0.1) is 11.8 Å². The molecular formula is C26H26N6OS. The molecule has 0 radical (unpaired) electrons. The monoisotopic (exact) mass is 470 g/mol. The van der Waals surface area contributed by atoms with Crippen LogP contribution in [0.25, 0.3) is 28.0 Å². The van der Waals surface area contributed by atoms with E-state index in [0.717, 1.165) is 47.0 Å². The molecule has 172 valence electrons. The highest BCUT2D eigenvalue weighted by Crippen LogP contribution is 2.33. The first kappa shape index (κ1) is 22.2. The van der Waals surface area contributed by atoms with E-state index in [1.165, 1.54) is 11.8 Å². The number of aromatic amines is 1. The number of aryl methyl sites for hydroxylation is 1. The Morgan fingerprint density at radius 2 is 2.00 bits per heavy atom. The van der Waals surface area contributed by atoms with Gasteiger partial charge in [0, 0.05) is 28.4 Å². The number of carbonyl (C=O) groups is 1. The number of H-pyrrole nitrogens is 1. The zero-order valence-corrected chi connectivity index (χ0v) is 19.9. The van der Waals surface area contributed by atoms with E-state index in [4.69, 9.17) is 0 Å². The van der Waals surface area contributed by atoms with E-state index in [0.29, 0.717) is 23.8 Å². The minimum Gasteiger partial charge on any atom is -0.360 e. The fraction of sp³-hybridized carbons (Fsp3) is 0.308. The molecule has 2 heterocycles. The third-order valence-electron chi connectivity index (χ3n) is 6.36. The maximum atomic E-state index is 12.8. The summed E-state index contributed by atoms with van der Waals surface area (Å²) in [6.07, 6.45) is 6.42. The van der Waals surface area contributed by atoms with Crippen LogP contribution in [0.3, 0.4) is 0 Å². The van der Waals surface area contributed by atoms with E-state index < -0.39 is 5.54 Å². The van der Waals surface area contributed by atoms with E-state index in [1.807, 2.05) is 54.1 Å². The van der Waals surface area contributed by atoms with Gasteiger partial charge in [-0.1, -0.05) is 61.4 Å². The van der Waals surface area contributed by atoms with Gasteiger partial charge in [-0.05, 0) is 43.5 Å². The summed E-state index contributed by atoms with van der Waals surface area (Å²) in [5.74, 6) is 0.731. The normalized spacial score (nSPS) is 15.2. The van der Waals surface area contributed by atoms with E-state index in [9.17, 15) is 10.1 Å². The second-order valence-corrected chi connectivity index (χ2v) is 9.76. The quantitative estimate of drug-likeness (QED) is 0.379. The van der Waals surface area contributed by atoms with Gasteiger partial charge in [-0.25, -0.2) is 0 Å². The lowest BCUT2D eigenvalue weighted by Crippen LogP contribution is -2.49. The standard InChI is InChI=1S/C26H26N6OS/c1-18-8-7-9-19(14-18)32-24(21-15-28-22-11-4-3-10-20(21)22)30-31-25(32)34-16-23(33)29-26(17-27)12-5-2-6-13-26/h3-4,7-11,14-15,28H,2,5-6,12-13,16H2,1H3,(H,29,33). The average Bonchev–Trinajstić information content (AvgIpc) is 3.47. The van der Waals surface area contributed by atoms with Crippen LogP contribution in [0.5, 0.6) is 0 Å². The van der Waals surface area contributed by atoms with E-state index in [-0.39, 0.29) is 11.7 Å². The van der Waals surface area contributed by atoms with Crippen LogP contribution >= 0.6 is 11.8 Å². The van der Waals surface area contributed by atoms with Crippen molar-refractivity contribution in [2.45, 2.75) is 49.7 Å². The number of aromatic nitrogens is 4. The molecule has 1 saturated carbocycles. The fourth-order valence-corrected chi connectivity index (χ4v) is 5.40. The molecule has 1 aliphatic carbocycles. The van der Waals surface area contributed by atoms with Gasteiger partial charge in [0.1, 0.15) is 5.54 Å². The number of carbonyl (C=O) groups excluding carboxylic acids is 1. The van der Waals surface area contributed by atoms with Crippen molar-refractivity contribution in [3.8, 4) is 23.1 Å². The largest absolute Gasteiger partial charge is 0.360 e. The van der Waals surface area contributed by atoms with Crippen LogP contribution in [0.4, 0.5) is 0 Å². The first-order valence-electron chi connectivity index (χ1n) is 11.5. The number of para-hydroxylation sites is 1. The number of nitrogens with one attached hydrogen (secondary N) is 2. The molecule has 34 heavy (non-hydrogen) atoms. The summed E-state index contributed by atoms with van der Waals surface area (Å²) in [5.41, 5.74) is 3.30. The molecule has 8 heteroatoms. The van der Waals surface area contributed by atoms with Gasteiger partial charge in [0.2, 0.25) is 5.91 Å². The third kappa shape index (κ3) is 4.31. The third-order valence-corrected chi connectivity index (χ3v) is 7.28. The van der Waals surface area contributed by atoms with Crippen LogP contribution in [-0.2, 0) is 4.79 Å². The predicted octanol–water partition coefficient (Wildman–Crippen LogP) is 5.16. The Morgan fingerprint density at radius 3 is 2.79 bits per heavy atom. The Morgan fingerprint density at radius 1 is 1.18 bits per heavy atom. The number of thioether (sulfide) groups is 1. The van der Waals surface area contributed by atoms with Gasteiger partial charge < -0.3 is 10.3 Å². The number of rotatable bonds is 6. The van der Waals surface area contributed by atoms with Crippen LogP contribution in [-0.4, -0.2) is 36.9 Å². The van der Waals surface area contributed by atoms with Crippen LogP contribution in [0, 0.1) is 18.3 Å². The molecule has 1 fully saturated rings. The van der Waals surface area contributed by atoms with Crippen LogP contribution in [0.15, 0.2) is 59.9 Å². The smallest absolute Gasteiger partial charge is 0.231 e. The lowest BCUT2D eigenvalue weighted by molar-refractivity contribution is -0.120. The summed E-state index contributed by atoms with van der Waals surface area (Å²) in [5, 5.41) is 23.4. The molecule has 0 spiro atoms. The first-order chi connectivity index (χ1) is 16.6. The van der Waals surface area contributed by atoms with Gasteiger partial charge in [0.15, 0.2) is 11.0 Å². The van der Waals surface area contributed by atoms with Gasteiger partial charge in [-0.15, -0.1) is 10.2 Å². The summed E-state index contributed by atoms with van der Waals surface area (Å²) in [6.45, 7) is 2.05. The molecule has 7 nitrogen and oxygen atoms in total. The molecule has 0 atom stereocenters. The highest BCUT2D eigenvalue weighted by Gasteiger charge is 2.33. The average molecular weight is 471 g/mol.